The minimum atomic E-state index is -0.583. The molecule has 0 bridgehead atoms. The van der Waals surface area contributed by atoms with E-state index in [0.29, 0.717) is 0 Å². The lowest BCUT2D eigenvalue weighted by molar-refractivity contribution is 0.520. The normalized spacial score (nSPS) is 14.6. The van der Waals surface area contributed by atoms with E-state index in [0.717, 1.165) is 16.9 Å². The van der Waals surface area contributed by atoms with Gasteiger partial charge in [0.1, 0.15) is 5.82 Å². The molecule has 0 spiro atoms. The Bertz CT molecular complexity index is 520. The van der Waals surface area contributed by atoms with Crippen LogP contribution in [-0.4, -0.2) is 0 Å². The number of rotatable bonds is 3. The number of halogens is 1. The molecule has 2 aromatic rings. The van der Waals surface area contributed by atoms with E-state index in [1.807, 2.05) is 25.3 Å². The van der Waals surface area contributed by atoms with Crippen LogP contribution in [0.3, 0.4) is 0 Å². The quantitative estimate of drug-likeness (QED) is 0.879. The van der Waals surface area contributed by atoms with Crippen LogP contribution < -0.4 is 5.73 Å². The van der Waals surface area contributed by atoms with Crippen LogP contribution in [0.5, 0.6) is 0 Å². The lowest BCUT2D eigenvalue weighted by Crippen LogP contribution is -2.37. The van der Waals surface area contributed by atoms with Gasteiger partial charge in [-0.25, -0.2) is 4.39 Å². The maximum Gasteiger partial charge on any atom is 0.123 e. The van der Waals surface area contributed by atoms with E-state index in [1.54, 1.807) is 17.4 Å². The molecule has 0 amide bonds. The van der Waals surface area contributed by atoms with Crippen molar-refractivity contribution in [2.75, 3.05) is 0 Å². The fourth-order valence-corrected chi connectivity index (χ4v) is 3.23. The second-order valence-electron chi connectivity index (χ2n) is 4.27. The third kappa shape index (κ3) is 2.13. The van der Waals surface area contributed by atoms with Gasteiger partial charge in [0.05, 0.1) is 5.54 Å². The molecule has 17 heavy (non-hydrogen) atoms. The summed E-state index contributed by atoms with van der Waals surface area (Å²) in [5, 5.41) is 2.03. The van der Waals surface area contributed by atoms with E-state index in [-0.39, 0.29) is 5.82 Å². The number of aryl methyl sites for hydroxylation is 1. The van der Waals surface area contributed by atoms with Gasteiger partial charge in [0, 0.05) is 4.88 Å². The molecule has 1 unspecified atom stereocenters. The van der Waals surface area contributed by atoms with E-state index in [9.17, 15) is 4.39 Å². The van der Waals surface area contributed by atoms with Crippen LogP contribution in [0.25, 0.3) is 0 Å². The number of benzene rings is 1. The molecule has 0 aliphatic carbocycles. The predicted molar refractivity (Wildman–Crippen MR) is 70.7 cm³/mol. The molecule has 90 valence electrons. The minimum absolute atomic E-state index is 0.236. The van der Waals surface area contributed by atoms with Crippen molar-refractivity contribution in [3.8, 4) is 0 Å². The summed E-state index contributed by atoms with van der Waals surface area (Å²) < 4.78 is 13.3. The summed E-state index contributed by atoms with van der Waals surface area (Å²) in [6.45, 7) is 4.08. The van der Waals surface area contributed by atoms with Crippen molar-refractivity contribution in [3.63, 3.8) is 0 Å². The van der Waals surface area contributed by atoms with E-state index >= 15 is 0 Å². The summed E-state index contributed by atoms with van der Waals surface area (Å²) in [5.74, 6) is -0.236. The Labute approximate surface area is 105 Å². The Kier molecular flexibility index (Phi) is 3.31. The average Bonchev–Trinajstić information content (AvgIpc) is 2.75. The highest BCUT2D eigenvalue weighted by Gasteiger charge is 2.30. The van der Waals surface area contributed by atoms with Gasteiger partial charge >= 0.3 is 0 Å². The summed E-state index contributed by atoms with van der Waals surface area (Å²) >= 11 is 1.63. The van der Waals surface area contributed by atoms with E-state index in [4.69, 9.17) is 5.73 Å². The molecular formula is C14H16FNS. The van der Waals surface area contributed by atoms with Crippen molar-refractivity contribution in [1.29, 1.82) is 0 Å². The third-order valence-corrected chi connectivity index (χ3v) is 4.36. The second kappa shape index (κ2) is 4.59. The highest BCUT2D eigenvalue weighted by atomic mass is 32.1. The van der Waals surface area contributed by atoms with Crippen LogP contribution in [0.15, 0.2) is 35.7 Å². The molecule has 0 aliphatic rings. The fraction of sp³-hybridized carbons (Fsp3) is 0.286. The van der Waals surface area contributed by atoms with Gasteiger partial charge in [-0.3, -0.25) is 0 Å². The van der Waals surface area contributed by atoms with Gasteiger partial charge in [-0.2, -0.15) is 0 Å². The molecule has 0 saturated carbocycles. The molecule has 0 radical (unpaired) electrons. The van der Waals surface area contributed by atoms with Crippen molar-refractivity contribution in [1.82, 2.24) is 0 Å². The van der Waals surface area contributed by atoms with E-state index in [2.05, 4.69) is 6.07 Å². The van der Waals surface area contributed by atoms with Crippen molar-refractivity contribution >= 4 is 11.3 Å². The Morgan fingerprint density at radius 1 is 1.35 bits per heavy atom. The highest BCUT2D eigenvalue weighted by molar-refractivity contribution is 7.10. The molecule has 1 atom stereocenters. The molecule has 1 heterocycles. The van der Waals surface area contributed by atoms with Crippen molar-refractivity contribution < 1.29 is 4.39 Å². The van der Waals surface area contributed by atoms with Crippen LogP contribution in [0.4, 0.5) is 4.39 Å². The summed E-state index contributed by atoms with van der Waals surface area (Å²) in [5.41, 5.74) is 7.92. The number of hydrogen-bond acceptors (Lipinski definition) is 2. The summed E-state index contributed by atoms with van der Waals surface area (Å²) in [7, 11) is 0. The first-order valence-electron chi connectivity index (χ1n) is 5.67. The van der Waals surface area contributed by atoms with Gasteiger partial charge in [-0.1, -0.05) is 19.1 Å². The maximum absolute atomic E-state index is 13.3. The smallest absolute Gasteiger partial charge is 0.123 e. The maximum atomic E-state index is 13.3. The SMILES string of the molecule is CCC(N)(c1cccc(F)c1)c1sccc1C. The van der Waals surface area contributed by atoms with Crippen LogP contribution in [0, 0.1) is 12.7 Å². The molecule has 0 saturated heterocycles. The fourth-order valence-electron chi connectivity index (χ4n) is 2.09. The van der Waals surface area contributed by atoms with Crippen molar-refractivity contribution in [3.05, 3.63) is 57.5 Å². The van der Waals surface area contributed by atoms with Gasteiger partial charge in [0.2, 0.25) is 0 Å². The van der Waals surface area contributed by atoms with Gasteiger partial charge in [-0.05, 0) is 48.1 Å². The van der Waals surface area contributed by atoms with Gasteiger partial charge < -0.3 is 5.73 Å². The topological polar surface area (TPSA) is 26.0 Å². The Morgan fingerprint density at radius 2 is 2.12 bits per heavy atom. The molecule has 1 aromatic heterocycles. The Morgan fingerprint density at radius 3 is 2.65 bits per heavy atom. The van der Waals surface area contributed by atoms with E-state index < -0.39 is 5.54 Å². The van der Waals surface area contributed by atoms with Gasteiger partial charge in [-0.15, -0.1) is 11.3 Å². The monoisotopic (exact) mass is 249 g/mol. The molecule has 0 fully saturated rings. The largest absolute Gasteiger partial charge is 0.317 e. The standard InChI is InChI=1S/C14H16FNS/c1-3-14(16,13-10(2)7-8-17-13)11-5-4-6-12(15)9-11/h4-9H,3,16H2,1-2H3. The lowest BCUT2D eigenvalue weighted by atomic mass is 9.85. The Hall–Kier alpha value is -1.19. The molecular weight excluding hydrogens is 233 g/mol. The van der Waals surface area contributed by atoms with E-state index in [1.165, 1.54) is 17.7 Å². The molecule has 2 N–H and O–H groups in total. The molecule has 1 aromatic carbocycles. The average molecular weight is 249 g/mol. The van der Waals surface area contributed by atoms with Crippen LogP contribution >= 0.6 is 11.3 Å². The summed E-state index contributed by atoms with van der Waals surface area (Å²) in [6, 6.07) is 8.64. The number of thiophene rings is 1. The van der Waals surface area contributed by atoms with Crippen molar-refractivity contribution in [2.45, 2.75) is 25.8 Å². The first-order chi connectivity index (χ1) is 8.08. The lowest BCUT2D eigenvalue weighted by Gasteiger charge is -2.28. The van der Waals surface area contributed by atoms with Gasteiger partial charge in [0.15, 0.2) is 0 Å². The minimum Gasteiger partial charge on any atom is -0.317 e. The second-order valence-corrected chi connectivity index (χ2v) is 5.18. The van der Waals surface area contributed by atoms with Gasteiger partial charge in [0.25, 0.3) is 0 Å². The first-order valence-corrected chi connectivity index (χ1v) is 6.55. The third-order valence-electron chi connectivity index (χ3n) is 3.16. The number of nitrogens with two attached hydrogens (primary N) is 1. The van der Waals surface area contributed by atoms with Crippen LogP contribution in [0.2, 0.25) is 0 Å². The van der Waals surface area contributed by atoms with Crippen LogP contribution in [-0.2, 0) is 5.54 Å². The van der Waals surface area contributed by atoms with Crippen molar-refractivity contribution in [2.24, 2.45) is 5.73 Å². The molecule has 3 heteroatoms. The zero-order valence-corrected chi connectivity index (χ0v) is 10.9. The zero-order chi connectivity index (χ0) is 12.5. The number of hydrogen-bond donors (Lipinski definition) is 1. The Balaban J connectivity index is 2.55. The first kappa shape index (κ1) is 12.3. The zero-order valence-electron chi connectivity index (χ0n) is 10.0. The summed E-state index contributed by atoms with van der Waals surface area (Å²) in [6.07, 6.45) is 0.748. The highest BCUT2D eigenvalue weighted by Crippen LogP contribution is 2.35. The summed E-state index contributed by atoms with van der Waals surface area (Å²) in [4.78, 5) is 1.12. The van der Waals surface area contributed by atoms with Crippen LogP contribution in [0.1, 0.15) is 29.3 Å². The molecule has 1 nitrogen and oxygen atoms in total. The molecule has 2 rings (SSSR count). The molecule has 0 aliphatic heterocycles. The predicted octanol–water partition coefficient (Wildman–Crippen LogP) is 3.81.